The molecule has 1 N–H and O–H groups in total. The van der Waals surface area contributed by atoms with E-state index < -0.39 is 5.97 Å². The summed E-state index contributed by atoms with van der Waals surface area (Å²) in [6, 6.07) is 16.2. The number of pyridine rings is 1. The fourth-order valence-corrected chi connectivity index (χ4v) is 5.59. The van der Waals surface area contributed by atoms with Crippen molar-refractivity contribution in [3.05, 3.63) is 78.2 Å². The Labute approximate surface area is 227 Å². The third-order valence-corrected chi connectivity index (χ3v) is 7.53. The number of carbonyl (C=O) groups excluding carboxylic acids is 1. The number of rotatable bonds is 7. The van der Waals surface area contributed by atoms with E-state index in [1.54, 1.807) is 11.4 Å². The summed E-state index contributed by atoms with van der Waals surface area (Å²) in [5.74, 6) is 1.15. The average Bonchev–Trinajstić information content (AvgIpc) is 3.58. The molecule has 0 spiro atoms. The van der Waals surface area contributed by atoms with Gasteiger partial charge in [-0.05, 0) is 37.5 Å². The van der Waals surface area contributed by atoms with Crippen LogP contribution in [0.3, 0.4) is 0 Å². The largest absolute Gasteiger partial charge is 0.462 e. The minimum Gasteiger partial charge on any atom is -0.462 e. The van der Waals surface area contributed by atoms with Crippen molar-refractivity contribution >= 4 is 17.4 Å². The monoisotopic (exact) mass is 524 g/mol. The first kappa shape index (κ1) is 25.1. The van der Waals surface area contributed by atoms with Crippen molar-refractivity contribution in [2.75, 3.05) is 18.6 Å². The van der Waals surface area contributed by atoms with E-state index in [2.05, 4.69) is 26.7 Å². The molecule has 39 heavy (non-hydrogen) atoms. The Kier molecular flexibility index (Phi) is 6.74. The van der Waals surface area contributed by atoms with E-state index in [4.69, 9.17) is 14.7 Å². The average molecular weight is 525 g/mol. The van der Waals surface area contributed by atoms with E-state index >= 15 is 0 Å². The van der Waals surface area contributed by atoms with Crippen molar-refractivity contribution in [3.8, 4) is 22.6 Å². The molecule has 9 nitrogen and oxygen atoms in total. The summed E-state index contributed by atoms with van der Waals surface area (Å²) in [6.45, 7) is 2.69. The normalized spacial score (nSPS) is 17.5. The molecular formula is C30H32N6O3. The van der Waals surface area contributed by atoms with Crippen molar-refractivity contribution in [3.63, 3.8) is 0 Å². The summed E-state index contributed by atoms with van der Waals surface area (Å²) in [5.41, 5.74) is 4.39. The number of esters is 1. The van der Waals surface area contributed by atoms with Gasteiger partial charge in [-0.3, -0.25) is 0 Å². The molecule has 1 aromatic carbocycles. The fraction of sp³-hybridized carbons (Fsp3) is 0.333. The molecule has 4 heterocycles. The molecule has 2 aromatic heterocycles. The predicted molar refractivity (Wildman–Crippen MR) is 149 cm³/mol. The van der Waals surface area contributed by atoms with Crippen LogP contribution in [0.25, 0.3) is 28.3 Å². The Morgan fingerprint density at radius 2 is 1.92 bits per heavy atom. The van der Waals surface area contributed by atoms with Crippen molar-refractivity contribution in [2.24, 2.45) is 0 Å². The molecule has 0 amide bonds. The lowest BCUT2D eigenvalue weighted by atomic mass is 9.92. The SMILES string of the molecule is CCOC(=O)c1cnn2c(N(C)Cc3ccccc3)cc(-c3cnc4n([C@H]5CCCC[C@@H]5O)cccc3-4)nc12. The van der Waals surface area contributed by atoms with Gasteiger partial charge in [-0.2, -0.15) is 9.61 Å². The molecule has 6 rings (SSSR count). The summed E-state index contributed by atoms with van der Waals surface area (Å²) in [4.78, 5) is 24.6. The molecular weight excluding hydrogens is 492 g/mol. The maximum Gasteiger partial charge on any atom is 0.343 e. The van der Waals surface area contributed by atoms with Gasteiger partial charge in [-0.1, -0.05) is 43.2 Å². The van der Waals surface area contributed by atoms with E-state index in [-0.39, 0.29) is 18.8 Å². The molecule has 0 bridgehead atoms. The highest BCUT2D eigenvalue weighted by Gasteiger charge is 2.29. The lowest BCUT2D eigenvalue weighted by Gasteiger charge is -2.31. The predicted octanol–water partition coefficient (Wildman–Crippen LogP) is 4.99. The van der Waals surface area contributed by atoms with Crippen LogP contribution in [0.4, 0.5) is 5.82 Å². The minimum atomic E-state index is -0.455. The number of aromatic nitrogens is 5. The summed E-state index contributed by atoms with van der Waals surface area (Å²) >= 11 is 0. The van der Waals surface area contributed by atoms with Crippen molar-refractivity contribution < 1.29 is 14.6 Å². The van der Waals surface area contributed by atoms with Gasteiger partial charge in [0.15, 0.2) is 5.65 Å². The molecule has 2 aliphatic heterocycles. The zero-order chi connectivity index (χ0) is 26.9. The zero-order valence-corrected chi connectivity index (χ0v) is 22.2. The van der Waals surface area contributed by atoms with Crippen LogP contribution in [0, 0.1) is 0 Å². The second kappa shape index (κ2) is 10.5. The lowest BCUT2D eigenvalue weighted by Crippen LogP contribution is -2.28. The molecule has 3 aliphatic rings. The third-order valence-electron chi connectivity index (χ3n) is 7.53. The number of aliphatic hydroxyl groups excluding tert-OH is 1. The summed E-state index contributed by atoms with van der Waals surface area (Å²) in [5, 5.41) is 15.2. The van der Waals surface area contributed by atoms with E-state index in [0.29, 0.717) is 23.4 Å². The highest BCUT2D eigenvalue weighted by atomic mass is 16.5. The van der Waals surface area contributed by atoms with Crippen LogP contribution >= 0.6 is 0 Å². The van der Waals surface area contributed by atoms with Crippen LogP contribution in [0.1, 0.15) is 54.6 Å². The number of hydrogen-bond acceptors (Lipinski definition) is 7. The van der Waals surface area contributed by atoms with Crippen molar-refractivity contribution in [1.82, 2.24) is 24.1 Å². The summed E-state index contributed by atoms with van der Waals surface area (Å²) in [6.07, 6.45) is 8.82. The number of fused-ring (bicyclic) bond motifs is 2. The quantitative estimate of drug-likeness (QED) is 0.300. The smallest absolute Gasteiger partial charge is 0.343 e. The Morgan fingerprint density at radius 1 is 1.10 bits per heavy atom. The molecule has 200 valence electrons. The van der Waals surface area contributed by atoms with Gasteiger partial charge in [0.1, 0.15) is 17.2 Å². The second-order valence-corrected chi connectivity index (χ2v) is 10.1. The van der Waals surface area contributed by atoms with Crippen molar-refractivity contribution in [2.45, 2.75) is 51.3 Å². The van der Waals surface area contributed by atoms with Gasteiger partial charge in [-0.25, -0.2) is 14.8 Å². The number of ether oxygens (including phenoxy) is 1. The highest BCUT2D eigenvalue weighted by Crippen LogP contribution is 2.38. The Balaban J connectivity index is 1.46. The van der Waals surface area contributed by atoms with Crippen LogP contribution in [-0.2, 0) is 11.3 Å². The third kappa shape index (κ3) is 4.63. The Morgan fingerprint density at radius 3 is 2.72 bits per heavy atom. The topological polar surface area (TPSA) is 97.8 Å². The summed E-state index contributed by atoms with van der Waals surface area (Å²) in [7, 11) is 2.00. The first-order chi connectivity index (χ1) is 19.0. The van der Waals surface area contributed by atoms with Crippen LogP contribution in [-0.4, -0.2) is 55.0 Å². The molecule has 1 fully saturated rings. The lowest BCUT2D eigenvalue weighted by molar-refractivity contribution is 0.0528. The second-order valence-electron chi connectivity index (χ2n) is 10.1. The van der Waals surface area contributed by atoms with Gasteiger partial charge in [-0.15, -0.1) is 0 Å². The molecule has 0 saturated heterocycles. The van der Waals surface area contributed by atoms with E-state index in [9.17, 15) is 9.90 Å². The summed E-state index contributed by atoms with van der Waals surface area (Å²) < 4.78 is 9.09. The van der Waals surface area contributed by atoms with E-state index in [0.717, 1.165) is 54.0 Å². The molecule has 2 atom stereocenters. The van der Waals surface area contributed by atoms with Gasteiger partial charge >= 0.3 is 5.97 Å². The van der Waals surface area contributed by atoms with E-state index in [1.807, 2.05) is 55.8 Å². The van der Waals surface area contributed by atoms with Crippen LogP contribution < -0.4 is 4.90 Å². The molecule has 9 heteroatoms. The minimum absolute atomic E-state index is 0.00143. The van der Waals surface area contributed by atoms with Gasteiger partial charge in [0.2, 0.25) is 0 Å². The highest BCUT2D eigenvalue weighted by molar-refractivity contribution is 5.96. The van der Waals surface area contributed by atoms with Crippen molar-refractivity contribution in [1.29, 1.82) is 0 Å². The standard InChI is InChI=1S/C30H32N6O3/c1-3-39-30(38)23-18-32-36-27(34(2)19-20-10-5-4-6-11-20)16-24(33-29(23)36)22-17-31-28-21(22)12-9-15-35(28)25-13-7-8-14-26(25)37/h4-6,9-12,15-18,25-26,37H,3,7-8,13-14,19H2,1-2H3/t25-,26-/m0/s1. The fourth-order valence-electron chi connectivity index (χ4n) is 5.59. The number of anilines is 1. The van der Waals surface area contributed by atoms with Crippen LogP contribution in [0.15, 0.2) is 67.1 Å². The first-order valence-electron chi connectivity index (χ1n) is 13.5. The maximum absolute atomic E-state index is 12.8. The maximum atomic E-state index is 12.8. The van der Waals surface area contributed by atoms with E-state index in [1.165, 1.54) is 6.20 Å². The number of benzene rings is 1. The number of nitrogens with zero attached hydrogens (tertiary/aromatic N) is 6. The van der Waals surface area contributed by atoms with Gasteiger partial charge < -0.3 is 19.3 Å². The molecule has 1 aliphatic carbocycles. The Bertz CT molecular complexity index is 1580. The number of aliphatic hydroxyl groups is 1. The number of carbonyl (C=O) groups is 1. The van der Waals surface area contributed by atoms with Gasteiger partial charge in [0.05, 0.1) is 30.6 Å². The Hall–Kier alpha value is -4.24. The molecule has 3 aromatic rings. The van der Waals surface area contributed by atoms with Crippen LogP contribution in [0.5, 0.6) is 0 Å². The van der Waals surface area contributed by atoms with Gasteiger partial charge in [0, 0.05) is 43.2 Å². The van der Waals surface area contributed by atoms with Gasteiger partial charge in [0.25, 0.3) is 0 Å². The van der Waals surface area contributed by atoms with Crippen LogP contribution in [0.2, 0.25) is 0 Å². The first-order valence-corrected chi connectivity index (χ1v) is 13.5. The molecule has 0 radical (unpaired) electrons. The molecule has 0 unspecified atom stereocenters. The zero-order valence-electron chi connectivity index (χ0n) is 22.2. The molecule has 1 saturated carbocycles. The number of hydrogen-bond donors (Lipinski definition) is 1.